The minimum Gasteiger partial charge on any atom is -0.461 e. The van der Waals surface area contributed by atoms with Crippen LogP contribution in [0.25, 0.3) is 22.6 Å². The summed E-state index contributed by atoms with van der Waals surface area (Å²) in [5.74, 6) is 1.31. The number of ether oxygens (including phenoxy) is 1. The first-order chi connectivity index (χ1) is 14.0. The Labute approximate surface area is 180 Å². The lowest BCUT2D eigenvalue weighted by atomic mass is 10.2. The molecule has 3 aromatic rings. The average molecular weight is 453 g/mol. The molecule has 0 bridgehead atoms. The standard InChI is InChI=1S/C20H18Cl2N2O4S/c21-15-9-14(10-16(22)12-15)19-23-17-2-1-13(11-18(17)28-19)20(25)27-6-3-24-4-7-29(26)8-5-24/h1-2,9-12H,3-8H2. The molecule has 1 fully saturated rings. The van der Waals surface area contributed by atoms with Crippen LogP contribution in [0.1, 0.15) is 10.4 Å². The maximum atomic E-state index is 12.4. The van der Waals surface area contributed by atoms with Gasteiger partial charge in [0.1, 0.15) is 12.1 Å². The highest BCUT2D eigenvalue weighted by Gasteiger charge is 2.17. The van der Waals surface area contributed by atoms with Gasteiger partial charge >= 0.3 is 5.97 Å². The normalized spacial score (nSPS) is 15.7. The SMILES string of the molecule is O=C(OCCN1CCS(=O)CC1)c1ccc2nc(-c3cc(Cl)cc(Cl)c3)oc2c1. The van der Waals surface area contributed by atoms with Crippen molar-refractivity contribution in [3.63, 3.8) is 0 Å². The van der Waals surface area contributed by atoms with Crippen LogP contribution in [0, 0.1) is 0 Å². The Balaban J connectivity index is 1.43. The molecule has 0 amide bonds. The number of hydrogen-bond donors (Lipinski definition) is 0. The van der Waals surface area contributed by atoms with Crippen LogP contribution in [0.5, 0.6) is 0 Å². The van der Waals surface area contributed by atoms with Crippen LogP contribution in [0.3, 0.4) is 0 Å². The monoisotopic (exact) mass is 452 g/mol. The van der Waals surface area contributed by atoms with Gasteiger partial charge in [-0.2, -0.15) is 0 Å². The molecule has 0 spiro atoms. The van der Waals surface area contributed by atoms with Gasteiger partial charge in [-0.05, 0) is 36.4 Å². The Bertz CT molecular complexity index is 1060. The van der Waals surface area contributed by atoms with E-state index >= 15 is 0 Å². The zero-order valence-corrected chi connectivity index (χ0v) is 17.7. The fraction of sp³-hybridized carbons (Fsp3) is 0.300. The van der Waals surface area contributed by atoms with E-state index in [-0.39, 0.29) is 6.61 Å². The van der Waals surface area contributed by atoms with Crippen LogP contribution in [-0.2, 0) is 15.5 Å². The number of halogens is 2. The smallest absolute Gasteiger partial charge is 0.338 e. The summed E-state index contributed by atoms with van der Waals surface area (Å²) in [7, 11) is -0.714. The Kier molecular flexibility index (Phi) is 6.20. The second kappa shape index (κ2) is 8.83. The summed E-state index contributed by atoms with van der Waals surface area (Å²) in [6.45, 7) is 2.45. The van der Waals surface area contributed by atoms with Gasteiger partial charge in [-0.1, -0.05) is 23.2 Å². The fourth-order valence-electron chi connectivity index (χ4n) is 3.10. The topological polar surface area (TPSA) is 72.6 Å². The first kappa shape index (κ1) is 20.3. The van der Waals surface area contributed by atoms with Gasteiger partial charge in [0, 0.05) is 57.5 Å². The molecule has 29 heavy (non-hydrogen) atoms. The molecule has 2 aromatic carbocycles. The number of oxazole rings is 1. The number of hydrogen-bond acceptors (Lipinski definition) is 6. The second-order valence-electron chi connectivity index (χ2n) is 6.69. The number of esters is 1. The van der Waals surface area contributed by atoms with Crippen LogP contribution >= 0.6 is 23.2 Å². The highest BCUT2D eigenvalue weighted by atomic mass is 35.5. The van der Waals surface area contributed by atoms with E-state index in [2.05, 4.69) is 9.88 Å². The lowest BCUT2D eigenvalue weighted by molar-refractivity contribution is 0.0466. The van der Waals surface area contributed by atoms with Crippen molar-refractivity contribution in [2.24, 2.45) is 0 Å². The summed E-state index contributed by atoms with van der Waals surface area (Å²) in [6, 6.07) is 10.0. The van der Waals surface area contributed by atoms with Crippen molar-refractivity contribution in [3.05, 3.63) is 52.0 Å². The van der Waals surface area contributed by atoms with Crippen LogP contribution in [0.2, 0.25) is 10.0 Å². The number of carbonyl (C=O) groups is 1. The summed E-state index contributed by atoms with van der Waals surface area (Å²) < 4.78 is 22.5. The molecular weight excluding hydrogens is 435 g/mol. The number of nitrogens with zero attached hydrogens (tertiary/aromatic N) is 2. The molecule has 1 aliphatic heterocycles. The number of carbonyl (C=O) groups excluding carboxylic acids is 1. The van der Waals surface area contributed by atoms with E-state index < -0.39 is 16.8 Å². The van der Waals surface area contributed by atoms with Crippen molar-refractivity contribution in [1.29, 1.82) is 0 Å². The summed E-state index contributed by atoms with van der Waals surface area (Å²) in [5, 5.41) is 0.970. The van der Waals surface area contributed by atoms with Crippen molar-refractivity contribution in [1.82, 2.24) is 9.88 Å². The third-order valence-electron chi connectivity index (χ3n) is 4.64. The maximum absolute atomic E-state index is 12.4. The van der Waals surface area contributed by atoms with Gasteiger partial charge in [0.05, 0.1) is 5.56 Å². The molecule has 6 nitrogen and oxygen atoms in total. The predicted octanol–water partition coefficient (Wildman–Crippen LogP) is 4.02. The molecule has 0 saturated carbocycles. The van der Waals surface area contributed by atoms with Crippen molar-refractivity contribution in [3.8, 4) is 11.5 Å². The van der Waals surface area contributed by atoms with Crippen LogP contribution in [0.4, 0.5) is 0 Å². The van der Waals surface area contributed by atoms with Crippen LogP contribution in [0.15, 0.2) is 40.8 Å². The lowest BCUT2D eigenvalue weighted by Crippen LogP contribution is -2.39. The molecule has 1 saturated heterocycles. The van der Waals surface area contributed by atoms with E-state index in [1.165, 1.54) is 0 Å². The Morgan fingerprint density at radius 3 is 2.59 bits per heavy atom. The molecule has 0 N–H and O–H groups in total. The molecule has 152 valence electrons. The van der Waals surface area contributed by atoms with Gasteiger partial charge in [0.15, 0.2) is 5.58 Å². The highest BCUT2D eigenvalue weighted by Crippen LogP contribution is 2.29. The quantitative estimate of drug-likeness (QED) is 0.544. The predicted molar refractivity (Wildman–Crippen MR) is 114 cm³/mol. The Morgan fingerprint density at radius 1 is 1.14 bits per heavy atom. The minimum absolute atomic E-state index is 0.284. The number of benzene rings is 2. The molecule has 4 rings (SSSR count). The zero-order chi connectivity index (χ0) is 20.4. The molecule has 0 radical (unpaired) electrons. The summed E-state index contributed by atoms with van der Waals surface area (Å²) in [4.78, 5) is 18.9. The average Bonchev–Trinajstić information content (AvgIpc) is 3.12. The van der Waals surface area contributed by atoms with Gasteiger partial charge < -0.3 is 9.15 Å². The van der Waals surface area contributed by atoms with Crippen molar-refractivity contribution in [2.75, 3.05) is 37.7 Å². The molecule has 2 heterocycles. The first-order valence-corrected chi connectivity index (χ1v) is 11.3. The van der Waals surface area contributed by atoms with Gasteiger partial charge in [-0.3, -0.25) is 9.11 Å². The number of aromatic nitrogens is 1. The zero-order valence-electron chi connectivity index (χ0n) is 15.4. The van der Waals surface area contributed by atoms with Crippen LogP contribution in [-0.4, -0.2) is 57.8 Å². The number of rotatable bonds is 5. The summed E-state index contributed by atoms with van der Waals surface area (Å²) >= 11 is 12.1. The molecule has 0 unspecified atom stereocenters. The largest absolute Gasteiger partial charge is 0.461 e. The molecule has 1 aliphatic rings. The van der Waals surface area contributed by atoms with E-state index in [4.69, 9.17) is 32.4 Å². The van der Waals surface area contributed by atoms with Gasteiger partial charge in [0.2, 0.25) is 5.89 Å². The van der Waals surface area contributed by atoms with Gasteiger partial charge in [-0.25, -0.2) is 9.78 Å². The summed E-state index contributed by atoms with van der Waals surface area (Å²) in [6.07, 6.45) is 0. The Morgan fingerprint density at radius 2 is 1.86 bits per heavy atom. The lowest BCUT2D eigenvalue weighted by Gasteiger charge is -2.25. The molecule has 0 atom stereocenters. The molecule has 9 heteroatoms. The number of fused-ring (bicyclic) bond motifs is 1. The van der Waals surface area contributed by atoms with Crippen molar-refractivity contribution >= 4 is 51.1 Å². The van der Waals surface area contributed by atoms with Crippen molar-refractivity contribution in [2.45, 2.75) is 0 Å². The minimum atomic E-state index is -0.714. The van der Waals surface area contributed by atoms with Gasteiger partial charge in [0.25, 0.3) is 0 Å². The molecular formula is C20H18Cl2N2O4S. The highest BCUT2D eigenvalue weighted by molar-refractivity contribution is 7.85. The van der Waals surface area contributed by atoms with E-state index in [1.54, 1.807) is 36.4 Å². The third-order valence-corrected chi connectivity index (χ3v) is 6.36. The van der Waals surface area contributed by atoms with E-state index in [1.807, 2.05) is 0 Å². The van der Waals surface area contributed by atoms with E-state index in [0.29, 0.717) is 56.2 Å². The summed E-state index contributed by atoms with van der Waals surface area (Å²) in [5.41, 5.74) is 2.15. The Hall–Kier alpha value is -1.93. The first-order valence-electron chi connectivity index (χ1n) is 9.09. The van der Waals surface area contributed by atoms with Crippen LogP contribution < -0.4 is 0 Å². The molecule has 0 aliphatic carbocycles. The second-order valence-corrected chi connectivity index (χ2v) is 9.25. The maximum Gasteiger partial charge on any atom is 0.338 e. The fourth-order valence-corrected chi connectivity index (χ4v) is 4.76. The van der Waals surface area contributed by atoms with Gasteiger partial charge in [-0.15, -0.1) is 0 Å². The van der Waals surface area contributed by atoms with E-state index in [0.717, 1.165) is 13.1 Å². The van der Waals surface area contributed by atoms with E-state index in [9.17, 15) is 9.00 Å². The van der Waals surface area contributed by atoms with Crippen molar-refractivity contribution < 1.29 is 18.2 Å². The molecule has 1 aromatic heterocycles. The third kappa shape index (κ3) is 4.98.